The average molecular weight is 221 g/mol. The van der Waals surface area contributed by atoms with Gasteiger partial charge in [-0.25, -0.2) is 0 Å². The standard InChI is InChI=1S/C14H23NO/c1-5-16-13-8-6-12(7-9-13)10-15-11-14(2,3)4/h6-9,15H,5,10-11H2,1-4H3. The van der Waals surface area contributed by atoms with E-state index < -0.39 is 0 Å². The molecule has 1 aromatic carbocycles. The van der Waals surface area contributed by atoms with E-state index in [1.54, 1.807) is 0 Å². The Kier molecular flexibility index (Phi) is 4.81. The molecular formula is C14H23NO. The molecule has 0 aliphatic carbocycles. The van der Waals surface area contributed by atoms with Gasteiger partial charge in [-0.05, 0) is 30.0 Å². The van der Waals surface area contributed by atoms with Crippen LogP contribution in [0.5, 0.6) is 5.75 Å². The molecule has 0 radical (unpaired) electrons. The van der Waals surface area contributed by atoms with E-state index in [2.05, 4.69) is 38.2 Å². The molecule has 0 saturated heterocycles. The summed E-state index contributed by atoms with van der Waals surface area (Å²) in [6.07, 6.45) is 0. The van der Waals surface area contributed by atoms with Gasteiger partial charge < -0.3 is 10.1 Å². The maximum Gasteiger partial charge on any atom is 0.119 e. The van der Waals surface area contributed by atoms with Gasteiger partial charge in [0, 0.05) is 13.1 Å². The van der Waals surface area contributed by atoms with E-state index in [1.165, 1.54) is 5.56 Å². The van der Waals surface area contributed by atoms with Crippen LogP contribution in [0.3, 0.4) is 0 Å². The first-order valence-electron chi connectivity index (χ1n) is 5.94. The number of nitrogens with one attached hydrogen (secondary N) is 1. The summed E-state index contributed by atoms with van der Waals surface area (Å²) < 4.78 is 5.40. The fraction of sp³-hybridized carbons (Fsp3) is 0.571. The van der Waals surface area contributed by atoms with Gasteiger partial charge in [0.2, 0.25) is 0 Å². The van der Waals surface area contributed by atoms with Crippen molar-refractivity contribution in [2.75, 3.05) is 13.2 Å². The van der Waals surface area contributed by atoms with Crippen LogP contribution in [0, 0.1) is 5.41 Å². The van der Waals surface area contributed by atoms with Gasteiger partial charge in [0.15, 0.2) is 0 Å². The van der Waals surface area contributed by atoms with E-state index in [9.17, 15) is 0 Å². The topological polar surface area (TPSA) is 21.3 Å². The molecule has 2 heteroatoms. The molecule has 1 rings (SSSR count). The fourth-order valence-corrected chi connectivity index (χ4v) is 1.45. The highest BCUT2D eigenvalue weighted by molar-refractivity contribution is 5.27. The molecule has 2 nitrogen and oxygen atoms in total. The Balaban J connectivity index is 2.37. The van der Waals surface area contributed by atoms with Crippen LogP contribution in [-0.4, -0.2) is 13.2 Å². The SMILES string of the molecule is CCOc1ccc(CNCC(C)(C)C)cc1. The highest BCUT2D eigenvalue weighted by atomic mass is 16.5. The van der Waals surface area contributed by atoms with Crippen molar-refractivity contribution in [3.8, 4) is 5.75 Å². The minimum atomic E-state index is 0.339. The van der Waals surface area contributed by atoms with Crippen LogP contribution in [0.4, 0.5) is 0 Å². The van der Waals surface area contributed by atoms with Gasteiger partial charge in [-0.15, -0.1) is 0 Å². The lowest BCUT2D eigenvalue weighted by molar-refractivity contribution is 0.340. The first-order valence-corrected chi connectivity index (χ1v) is 5.94. The van der Waals surface area contributed by atoms with Crippen molar-refractivity contribution < 1.29 is 4.74 Å². The molecule has 0 atom stereocenters. The van der Waals surface area contributed by atoms with Crippen LogP contribution in [0.25, 0.3) is 0 Å². The Bertz CT molecular complexity index is 298. The summed E-state index contributed by atoms with van der Waals surface area (Å²) in [5.41, 5.74) is 1.64. The van der Waals surface area contributed by atoms with Crippen molar-refractivity contribution in [2.24, 2.45) is 5.41 Å². The summed E-state index contributed by atoms with van der Waals surface area (Å²) in [5.74, 6) is 0.946. The van der Waals surface area contributed by atoms with Crippen LogP contribution >= 0.6 is 0 Å². The highest BCUT2D eigenvalue weighted by Gasteiger charge is 2.08. The summed E-state index contributed by atoms with van der Waals surface area (Å²) in [5, 5.41) is 3.45. The summed E-state index contributed by atoms with van der Waals surface area (Å²) in [6, 6.07) is 8.27. The second kappa shape index (κ2) is 5.90. The van der Waals surface area contributed by atoms with Crippen molar-refractivity contribution in [3.05, 3.63) is 29.8 Å². The number of rotatable bonds is 5. The molecule has 1 aromatic rings. The molecule has 0 fully saturated rings. The Morgan fingerprint density at radius 3 is 2.25 bits per heavy atom. The molecule has 0 aliphatic heterocycles. The van der Waals surface area contributed by atoms with Crippen LogP contribution in [0.15, 0.2) is 24.3 Å². The van der Waals surface area contributed by atoms with Crippen LogP contribution in [0.2, 0.25) is 0 Å². The third-order valence-corrected chi connectivity index (χ3v) is 2.22. The minimum absolute atomic E-state index is 0.339. The van der Waals surface area contributed by atoms with E-state index in [0.717, 1.165) is 25.4 Å². The Morgan fingerprint density at radius 2 is 1.75 bits per heavy atom. The van der Waals surface area contributed by atoms with Crippen molar-refractivity contribution in [3.63, 3.8) is 0 Å². The Labute approximate surface area is 99.0 Å². The van der Waals surface area contributed by atoms with Gasteiger partial charge >= 0.3 is 0 Å². The van der Waals surface area contributed by atoms with E-state index in [1.807, 2.05) is 19.1 Å². The third-order valence-electron chi connectivity index (χ3n) is 2.22. The van der Waals surface area contributed by atoms with E-state index in [4.69, 9.17) is 4.74 Å². The lowest BCUT2D eigenvalue weighted by atomic mass is 9.97. The van der Waals surface area contributed by atoms with Crippen LogP contribution in [0.1, 0.15) is 33.3 Å². The zero-order valence-corrected chi connectivity index (χ0v) is 10.8. The smallest absolute Gasteiger partial charge is 0.119 e. The van der Waals surface area contributed by atoms with Gasteiger partial charge in [-0.2, -0.15) is 0 Å². The number of benzene rings is 1. The molecule has 0 amide bonds. The van der Waals surface area contributed by atoms with Crippen molar-refractivity contribution in [1.82, 2.24) is 5.32 Å². The zero-order chi connectivity index (χ0) is 12.0. The van der Waals surface area contributed by atoms with Crippen molar-refractivity contribution in [2.45, 2.75) is 34.2 Å². The van der Waals surface area contributed by atoms with E-state index in [-0.39, 0.29) is 0 Å². The second-order valence-corrected chi connectivity index (χ2v) is 5.24. The lowest BCUT2D eigenvalue weighted by Crippen LogP contribution is -2.26. The number of hydrogen-bond acceptors (Lipinski definition) is 2. The molecule has 0 aromatic heterocycles. The summed E-state index contributed by atoms with van der Waals surface area (Å²) >= 11 is 0. The average Bonchev–Trinajstić information content (AvgIpc) is 2.19. The predicted octanol–water partition coefficient (Wildman–Crippen LogP) is 3.22. The van der Waals surface area contributed by atoms with Crippen LogP contribution < -0.4 is 10.1 Å². The molecule has 1 N–H and O–H groups in total. The van der Waals surface area contributed by atoms with Gasteiger partial charge in [-0.3, -0.25) is 0 Å². The van der Waals surface area contributed by atoms with Gasteiger partial charge in [0.1, 0.15) is 5.75 Å². The van der Waals surface area contributed by atoms with Crippen LogP contribution in [-0.2, 0) is 6.54 Å². The Hall–Kier alpha value is -1.02. The fourth-order valence-electron chi connectivity index (χ4n) is 1.45. The van der Waals surface area contributed by atoms with Crippen molar-refractivity contribution >= 4 is 0 Å². The molecule has 90 valence electrons. The molecule has 16 heavy (non-hydrogen) atoms. The number of ether oxygens (including phenoxy) is 1. The van der Waals surface area contributed by atoms with Gasteiger partial charge in [-0.1, -0.05) is 32.9 Å². The summed E-state index contributed by atoms with van der Waals surface area (Å²) in [7, 11) is 0. The lowest BCUT2D eigenvalue weighted by Gasteiger charge is -2.18. The molecule has 0 bridgehead atoms. The number of hydrogen-bond donors (Lipinski definition) is 1. The largest absolute Gasteiger partial charge is 0.494 e. The summed E-state index contributed by atoms with van der Waals surface area (Å²) in [4.78, 5) is 0. The quantitative estimate of drug-likeness (QED) is 0.824. The summed E-state index contributed by atoms with van der Waals surface area (Å²) in [6.45, 7) is 11.4. The monoisotopic (exact) mass is 221 g/mol. The molecule has 0 saturated carbocycles. The van der Waals surface area contributed by atoms with E-state index >= 15 is 0 Å². The Morgan fingerprint density at radius 1 is 1.12 bits per heavy atom. The van der Waals surface area contributed by atoms with Gasteiger partial charge in [0.25, 0.3) is 0 Å². The van der Waals surface area contributed by atoms with Gasteiger partial charge in [0.05, 0.1) is 6.61 Å². The molecule has 0 spiro atoms. The van der Waals surface area contributed by atoms with Crippen molar-refractivity contribution in [1.29, 1.82) is 0 Å². The maximum atomic E-state index is 5.40. The molecule has 0 aliphatic rings. The second-order valence-electron chi connectivity index (χ2n) is 5.24. The van der Waals surface area contributed by atoms with E-state index in [0.29, 0.717) is 5.41 Å². The molecular weight excluding hydrogens is 198 g/mol. The normalized spacial score (nSPS) is 11.5. The molecule has 0 unspecified atom stereocenters. The third kappa shape index (κ3) is 5.17. The molecule has 0 heterocycles. The highest BCUT2D eigenvalue weighted by Crippen LogP contribution is 2.13. The minimum Gasteiger partial charge on any atom is -0.494 e. The predicted molar refractivity (Wildman–Crippen MR) is 68.8 cm³/mol. The first kappa shape index (κ1) is 13.0. The maximum absolute atomic E-state index is 5.40. The zero-order valence-electron chi connectivity index (χ0n) is 10.8. The first-order chi connectivity index (χ1) is 7.51.